The minimum Gasteiger partial charge on any atom is -0.300 e. The Morgan fingerprint density at radius 2 is 2.00 bits per heavy atom. The van der Waals surface area contributed by atoms with E-state index in [1.54, 1.807) is 0 Å². The van der Waals surface area contributed by atoms with Crippen LogP contribution in [0.5, 0.6) is 0 Å². The highest BCUT2D eigenvalue weighted by molar-refractivity contribution is 5.89. The van der Waals surface area contributed by atoms with E-state index in [2.05, 4.69) is 6.92 Å². The molecular formula is C12H20O2. The molecule has 0 radical (unpaired) electrons. The molecule has 2 saturated carbocycles. The van der Waals surface area contributed by atoms with Crippen LogP contribution in [0.2, 0.25) is 0 Å². The van der Waals surface area contributed by atoms with Crippen molar-refractivity contribution in [3.05, 3.63) is 0 Å². The van der Waals surface area contributed by atoms with Gasteiger partial charge in [0.25, 0.3) is 0 Å². The second kappa shape index (κ2) is 3.84. The molecule has 2 rings (SSSR count). The molecule has 2 nitrogen and oxygen atoms in total. The fourth-order valence-electron chi connectivity index (χ4n) is 2.79. The highest BCUT2D eigenvalue weighted by Crippen LogP contribution is 2.46. The van der Waals surface area contributed by atoms with Gasteiger partial charge in [0.1, 0.15) is 11.6 Å². The lowest BCUT2D eigenvalue weighted by Gasteiger charge is -2.42. The van der Waals surface area contributed by atoms with Gasteiger partial charge in [-0.2, -0.15) is 0 Å². The van der Waals surface area contributed by atoms with Crippen LogP contribution < -0.4 is 0 Å². The number of hydrogen-bond donors (Lipinski definition) is 0. The maximum atomic E-state index is 11.7. The Balaban J connectivity index is 0.000000980. The van der Waals surface area contributed by atoms with Gasteiger partial charge in [0.05, 0.1) is 0 Å². The van der Waals surface area contributed by atoms with Gasteiger partial charge in [-0.05, 0) is 25.2 Å². The van der Waals surface area contributed by atoms with Crippen LogP contribution in [-0.2, 0) is 9.59 Å². The van der Waals surface area contributed by atoms with E-state index < -0.39 is 0 Å². The molecule has 0 aliphatic heterocycles. The summed E-state index contributed by atoms with van der Waals surface area (Å²) in [5.74, 6) is 1.11. The number of carbonyl (C=O) groups is 2. The van der Waals surface area contributed by atoms with E-state index in [9.17, 15) is 9.59 Å². The highest BCUT2D eigenvalue weighted by atomic mass is 16.1. The van der Waals surface area contributed by atoms with Crippen LogP contribution in [0.3, 0.4) is 0 Å². The molecule has 0 aromatic rings. The number of carbonyl (C=O) groups excluding carboxylic acids is 2. The Morgan fingerprint density at radius 1 is 1.29 bits per heavy atom. The summed E-state index contributed by atoms with van der Waals surface area (Å²) in [6, 6.07) is 0. The van der Waals surface area contributed by atoms with Gasteiger partial charge in [-0.25, -0.2) is 0 Å². The molecule has 2 aliphatic carbocycles. The van der Waals surface area contributed by atoms with Crippen molar-refractivity contribution in [1.29, 1.82) is 0 Å². The Kier molecular flexibility index (Phi) is 3.13. The number of hydrogen-bond acceptors (Lipinski definition) is 2. The summed E-state index contributed by atoms with van der Waals surface area (Å²) in [7, 11) is 0. The zero-order chi connectivity index (χ0) is 9.47. The lowest BCUT2D eigenvalue weighted by Crippen LogP contribution is -2.43. The summed E-state index contributed by atoms with van der Waals surface area (Å²) >= 11 is 0. The number of Topliss-reactive ketones (excluding diaryl/α,β-unsaturated/α-hetero) is 2. The largest absolute Gasteiger partial charge is 0.300 e. The quantitative estimate of drug-likeness (QED) is 0.597. The SMILES string of the molecule is C.C[C@]12CCC(=O)C[C@H]1CCCC2=O. The van der Waals surface area contributed by atoms with Gasteiger partial charge in [0.15, 0.2) is 0 Å². The van der Waals surface area contributed by atoms with E-state index in [0.29, 0.717) is 30.3 Å². The zero-order valence-electron chi connectivity index (χ0n) is 8.14. The molecule has 80 valence electrons. The smallest absolute Gasteiger partial charge is 0.139 e. The molecule has 0 N–H and O–H groups in total. The van der Waals surface area contributed by atoms with Gasteiger partial charge in [-0.3, -0.25) is 9.59 Å². The first-order valence-electron chi connectivity index (χ1n) is 5.18. The second-order valence-corrected chi connectivity index (χ2v) is 4.67. The molecule has 0 heterocycles. The Hall–Kier alpha value is -0.660. The Morgan fingerprint density at radius 3 is 2.71 bits per heavy atom. The summed E-state index contributed by atoms with van der Waals surface area (Å²) in [4.78, 5) is 23.0. The zero-order valence-corrected chi connectivity index (χ0v) is 8.14. The highest BCUT2D eigenvalue weighted by Gasteiger charge is 2.46. The van der Waals surface area contributed by atoms with Gasteiger partial charge in [-0.1, -0.05) is 14.4 Å². The van der Waals surface area contributed by atoms with Crippen molar-refractivity contribution < 1.29 is 9.59 Å². The minimum atomic E-state index is -0.147. The molecule has 0 aromatic heterocycles. The van der Waals surface area contributed by atoms with Crippen LogP contribution in [0, 0.1) is 11.3 Å². The van der Waals surface area contributed by atoms with Crippen molar-refractivity contribution in [3.63, 3.8) is 0 Å². The van der Waals surface area contributed by atoms with Crippen LogP contribution in [0.25, 0.3) is 0 Å². The fraction of sp³-hybridized carbons (Fsp3) is 0.833. The third-order valence-electron chi connectivity index (χ3n) is 3.89. The Bertz CT molecular complexity index is 257. The average molecular weight is 196 g/mol. The molecule has 0 bridgehead atoms. The minimum absolute atomic E-state index is 0. The van der Waals surface area contributed by atoms with Gasteiger partial charge >= 0.3 is 0 Å². The molecular weight excluding hydrogens is 176 g/mol. The Labute approximate surface area is 86.1 Å². The lowest BCUT2D eigenvalue weighted by atomic mass is 9.60. The van der Waals surface area contributed by atoms with E-state index in [1.807, 2.05) is 0 Å². The molecule has 2 aliphatic rings. The van der Waals surface area contributed by atoms with Crippen molar-refractivity contribution in [2.45, 2.75) is 52.9 Å². The van der Waals surface area contributed by atoms with E-state index in [4.69, 9.17) is 0 Å². The van der Waals surface area contributed by atoms with Crippen molar-refractivity contribution in [2.24, 2.45) is 11.3 Å². The summed E-state index contributed by atoms with van der Waals surface area (Å²) in [6.45, 7) is 2.06. The number of fused-ring (bicyclic) bond motifs is 1. The van der Waals surface area contributed by atoms with Gasteiger partial charge in [0, 0.05) is 24.7 Å². The first-order valence-corrected chi connectivity index (χ1v) is 5.18. The van der Waals surface area contributed by atoms with Gasteiger partial charge < -0.3 is 0 Å². The predicted molar refractivity (Wildman–Crippen MR) is 56.0 cm³/mol. The lowest BCUT2D eigenvalue weighted by molar-refractivity contribution is -0.140. The van der Waals surface area contributed by atoms with Crippen molar-refractivity contribution in [2.75, 3.05) is 0 Å². The van der Waals surface area contributed by atoms with Crippen molar-refractivity contribution >= 4 is 11.6 Å². The maximum absolute atomic E-state index is 11.7. The van der Waals surface area contributed by atoms with Gasteiger partial charge in [-0.15, -0.1) is 0 Å². The molecule has 0 spiro atoms. The molecule has 0 unspecified atom stereocenters. The van der Waals surface area contributed by atoms with Crippen LogP contribution in [0.1, 0.15) is 52.9 Å². The second-order valence-electron chi connectivity index (χ2n) is 4.67. The standard InChI is InChI=1S/C11H16O2.CH4/c1-11-6-5-9(12)7-8(11)3-2-4-10(11)13;/h8H,2-7H2,1H3;1H4/t8-,11+;/m1./s1. The van der Waals surface area contributed by atoms with Crippen molar-refractivity contribution in [1.82, 2.24) is 0 Å². The molecule has 0 saturated heterocycles. The van der Waals surface area contributed by atoms with E-state index in [1.165, 1.54) is 0 Å². The molecule has 14 heavy (non-hydrogen) atoms. The predicted octanol–water partition coefficient (Wildman–Crippen LogP) is 2.75. The molecule has 0 aromatic carbocycles. The molecule has 2 atom stereocenters. The van der Waals surface area contributed by atoms with E-state index in [-0.39, 0.29) is 12.8 Å². The van der Waals surface area contributed by atoms with Gasteiger partial charge in [0.2, 0.25) is 0 Å². The summed E-state index contributed by atoms with van der Waals surface area (Å²) in [6.07, 6.45) is 4.89. The normalized spacial score (nSPS) is 37.4. The first kappa shape index (κ1) is 11.4. The van der Waals surface area contributed by atoms with Crippen LogP contribution in [-0.4, -0.2) is 11.6 Å². The molecule has 0 amide bonds. The molecule has 2 fully saturated rings. The number of rotatable bonds is 0. The molecule has 2 heteroatoms. The van der Waals surface area contributed by atoms with Crippen LogP contribution in [0.4, 0.5) is 0 Å². The monoisotopic (exact) mass is 196 g/mol. The van der Waals surface area contributed by atoms with E-state index in [0.717, 1.165) is 25.7 Å². The fourth-order valence-corrected chi connectivity index (χ4v) is 2.79. The third kappa shape index (κ3) is 1.62. The first-order chi connectivity index (χ1) is 6.13. The summed E-state index contributed by atoms with van der Waals surface area (Å²) < 4.78 is 0. The third-order valence-corrected chi connectivity index (χ3v) is 3.89. The van der Waals surface area contributed by atoms with Crippen molar-refractivity contribution in [3.8, 4) is 0 Å². The topological polar surface area (TPSA) is 34.1 Å². The van der Waals surface area contributed by atoms with E-state index >= 15 is 0 Å². The number of ketones is 2. The van der Waals surface area contributed by atoms with Crippen LogP contribution in [0.15, 0.2) is 0 Å². The average Bonchev–Trinajstić information content (AvgIpc) is 2.09. The summed E-state index contributed by atoms with van der Waals surface area (Å²) in [5.41, 5.74) is -0.147. The van der Waals surface area contributed by atoms with Crippen LogP contribution >= 0.6 is 0 Å². The summed E-state index contributed by atoms with van der Waals surface area (Å²) in [5, 5.41) is 0. The maximum Gasteiger partial charge on any atom is 0.139 e.